The minimum absolute atomic E-state index is 0.0234. The van der Waals surface area contributed by atoms with Crippen molar-refractivity contribution < 1.29 is 9.59 Å². The normalized spacial score (nSPS) is 15.6. The van der Waals surface area contributed by atoms with Crippen molar-refractivity contribution in [3.8, 4) is 0 Å². The molecule has 1 aromatic rings. The number of hydrogen-bond donors (Lipinski definition) is 1. The highest BCUT2D eigenvalue weighted by molar-refractivity contribution is 9.10. The van der Waals surface area contributed by atoms with Crippen LogP contribution < -0.4 is 5.32 Å². The molecule has 0 bridgehead atoms. The van der Waals surface area contributed by atoms with E-state index in [2.05, 4.69) is 35.1 Å². The Labute approximate surface area is 153 Å². The molecule has 4 nitrogen and oxygen atoms in total. The maximum atomic E-state index is 12.5. The highest BCUT2D eigenvalue weighted by atomic mass is 79.9. The average molecular weight is 395 g/mol. The number of aryl methyl sites for hydroxylation is 1. The van der Waals surface area contributed by atoms with Crippen LogP contribution in [-0.2, 0) is 4.79 Å². The molecule has 0 spiro atoms. The van der Waals surface area contributed by atoms with E-state index in [4.69, 9.17) is 0 Å². The number of piperidine rings is 1. The van der Waals surface area contributed by atoms with Crippen LogP contribution >= 0.6 is 15.9 Å². The highest BCUT2D eigenvalue weighted by Crippen LogP contribution is 2.19. The fourth-order valence-electron chi connectivity index (χ4n) is 3.29. The summed E-state index contributed by atoms with van der Waals surface area (Å²) in [7, 11) is 0. The topological polar surface area (TPSA) is 49.4 Å². The zero-order valence-corrected chi connectivity index (χ0v) is 16.4. The smallest absolute Gasteiger partial charge is 0.251 e. The van der Waals surface area contributed by atoms with Crippen molar-refractivity contribution >= 4 is 27.7 Å². The van der Waals surface area contributed by atoms with Crippen LogP contribution in [0, 0.1) is 12.8 Å². The molecule has 5 heteroatoms. The number of carbonyl (C=O) groups is 2. The monoisotopic (exact) mass is 394 g/mol. The molecule has 1 fully saturated rings. The van der Waals surface area contributed by atoms with Crippen LogP contribution in [-0.4, -0.2) is 35.8 Å². The summed E-state index contributed by atoms with van der Waals surface area (Å²) >= 11 is 3.42. The van der Waals surface area contributed by atoms with Gasteiger partial charge in [0.1, 0.15) is 0 Å². The van der Waals surface area contributed by atoms with Gasteiger partial charge >= 0.3 is 0 Å². The predicted molar refractivity (Wildman–Crippen MR) is 100 cm³/mol. The Morgan fingerprint density at radius 1 is 1.25 bits per heavy atom. The van der Waals surface area contributed by atoms with Crippen LogP contribution in [0.25, 0.3) is 0 Å². The number of rotatable bonds is 5. The van der Waals surface area contributed by atoms with Gasteiger partial charge in [0.15, 0.2) is 0 Å². The fourth-order valence-corrected chi connectivity index (χ4v) is 3.76. The lowest BCUT2D eigenvalue weighted by atomic mass is 9.98. The van der Waals surface area contributed by atoms with Crippen molar-refractivity contribution in [1.82, 2.24) is 10.2 Å². The molecule has 0 unspecified atom stereocenters. The minimum Gasteiger partial charge on any atom is -0.349 e. The molecule has 1 heterocycles. The summed E-state index contributed by atoms with van der Waals surface area (Å²) in [6.45, 7) is 7.55. The van der Waals surface area contributed by atoms with Gasteiger partial charge in [0.2, 0.25) is 5.91 Å². The molecular weight excluding hydrogens is 368 g/mol. The average Bonchev–Trinajstić information content (AvgIpc) is 2.56. The van der Waals surface area contributed by atoms with E-state index in [-0.39, 0.29) is 23.8 Å². The second-order valence-corrected chi connectivity index (χ2v) is 7.46. The molecule has 1 aromatic carbocycles. The molecule has 1 aliphatic heterocycles. The Morgan fingerprint density at radius 2 is 1.88 bits per heavy atom. The molecular formula is C19H27BrN2O2. The van der Waals surface area contributed by atoms with Crippen LogP contribution in [0.2, 0.25) is 0 Å². The minimum atomic E-state index is -0.0234. The van der Waals surface area contributed by atoms with Crippen LogP contribution in [0.5, 0.6) is 0 Å². The van der Waals surface area contributed by atoms with Gasteiger partial charge in [0.25, 0.3) is 5.91 Å². The van der Waals surface area contributed by atoms with Crippen molar-refractivity contribution in [2.75, 3.05) is 13.1 Å². The number of nitrogens with one attached hydrogen (secondary N) is 1. The maximum absolute atomic E-state index is 12.5. The molecule has 1 aliphatic rings. The number of nitrogens with zero attached hydrogens (tertiary/aromatic N) is 1. The van der Waals surface area contributed by atoms with Crippen molar-refractivity contribution in [3.63, 3.8) is 0 Å². The highest BCUT2D eigenvalue weighted by Gasteiger charge is 2.27. The van der Waals surface area contributed by atoms with E-state index in [0.717, 1.165) is 48.8 Å². The number of carbonyl (C=O) groups excluding carboxylic acids is 2. The van der Waals surface area contributed by atoms with E-state index in [1.165, 1.54) is 0 Å². The zero-order chi connectivity index (χ0) is 17.7. The van der Waals surface area contributed by atoms with Gasteiger partial charge in [-0.25, -0.2) is 0 Å². The van der Waals surface area contributed by atoms with Crippen LogP contribution in [0.15, 0.2) is 22.7 Å². The van der Waals surface area contributed by atoms with Crippen LogP contribution in [0.1, 0.15) is 55.5 Å². The molecule has 1 saturated heterocycles. The van der Waals surface area contributed by atoms with E-state index in [9.17, 15) is 9.59 Å². The van der Waals surface area contributed by atoms with Crippen molar-refractivity contribution in [1.29, 1.82) is 0 Å². The van der Waals surface area contributed by atoms with E-state index in [0.29, 0.717) is 5.56 Å². The first-order valence-corrected chi connectivity index (χ1v) is 9.61. The molecule has 2 amide bonds. The summed E-state index contributed by atoms with van der Waals surface area (Å²) < 4.78 is 0.977. The van der Waals surface area contributed by atoms with E-state index in [1.807, 2.05) is 30.0 Å². The molecule has 0 saturated carbocycles. The molecule has 1 N–H and O–H groups in total. The Hall–Kier alpha value is -1.36. The van der Waals surface area contributed by atoms with Crippen molar-refractivity contribution in [2.24, 2.45) is 5.92 Å². The molecule has 0 atom stereocenters. The third-order valence-electron chi connectivity index (χ3n) is 4.91. The summed E-state index contributed by atoms with van der Waals surface area (Å²) in [4.78, 5) is 26.8. The summed E-state index contributed by atoms with van der Waals surface area (Å²) in [5.74, 6) is 0.389. The van der Waals surface area contributed by atoms with Gasteiger partial charge in [-0.15, -0.1) is 0 Å². The first-order chi connectivity index (χ1) is 11.5. The first kappa shape index (κ1) is 19.0. The lowest BCUT2D eigenvalue weighted by molar-refractivity contribution is -0.136. The summed E-state index contributed by atoms with van der Waals surface area (Å²) in [6.07, 6.45) is 3.45. The third-order valence-corrected chi connectivity index (χ3v) is 5.40. The molecule has 2 rings (SSSR count). The van der Waals surface area contributed by atoms with Crippen molar-refractivity contribution in [3.05, 3.63) is 33.8 Å². The third kappa shape index (κ3) is 4.59. The Kier molecular flexibility index (Phi) is 6.84. The van der Waals surface area contributed by atoms with Crippen molar-refractivity contribution in [2.45, 2.75) is 52.5 Å². The van der Waals surface area contributed by atoms with Gasteiger partial charge in [-0.2, -0.15) is 0 Å². The fraction of sp³-hybridized carbons (Fsp3) is 0.579. The number of amides is 2. The Morgan fingerprint density at radius 3 is 2.42 bits per heavy atom. The zero-order valence-electron chi connectivity index (χ0n) is 14.8. The van der Waals surface area contributed by atoms with Gasteiger partial charge in [-0.05, 0) is 56.4 Å². The standard InChI is InChI=1S/C19H27BrN2O2/c1-4-14(5-2)19(24)22-10-8-16(9-11-22)21-18(23)17-7-6-15(20)12-13(17)3/h6-7,12,14,16H,4-5,8-11H2,1-3H3,(H,21,23). The van der Waals surface area contributed by atoms with Gasteiger partial charge in [0, 0.05) is 35.1 Å². The SMILES string of the molecule is CCC(CC)C(=O)N1CCC(NC(=O)c2ccc(Br)cc2C)CC1. The molecule has 0 radical (unpaired) electrons. The Bertz CT molecular complexity index is 591. The van der Waals surface area contributed by atoms with Gasteiger partial charge in [-0.1, -0.05) is 29.8 Å². The molecule has 132 valence electrons. The summed E-state index contributed by atoms with van der Waals surface area (Å²) in [6, 6.07) is 5.83. The quantitative estimate of drug-likeness (QED) is 0.822. The van der Waals surface area contributed by atoms with Gasteiger partial charge in [0.05, 0.1) is 0 Å². The lowest BCUT2D eigenvalue weighted by Gasteiger charge is -2.34. The predicted octanol–water partition coefficient (Wildman–Crippen LogP) is 3.91. The number of benzene rings is 1. The largest absolute Gasteiger partial charge is 0.349 e. The molecule has 0 aromatic heterocycles. The maximum Gasteiger partial charge on any atom is 0.251 e. The van der Waals surface area contributed by atoms with Crippen LogP contribution in [0.4, 0.5) is 0 Å². The molecule has 0 aliphatic carbocycles. The van der Waals surface area contributed by atoms with Gasteiger partial charge < -0.3 is 10.2 Å². The second-order valence-electron chi connectivity index (χ2n) is 6.55. The first-order valence-electron chi connectivity index (χ1n) is 8.82. The van der Waals surface area contributed by atoms with E-state index in [1.54, 1.807) is 0 Å². The summed E-state index contributed by atoms with van der Waals surface area (Å²) in [5.41, 5.74) is 1.68. The summed E-state index contributed by atoms with van der Waals surface area (Å²) in [5, 5.41) is 3.12. The van der Waals surface area contributed by atoms with Crippen LogP contribution in [0.3, 0.4) is 0 Å². The van der Waals surface area contributed by atoms with Gasteiger partial charge in [-0.3, -0.25) is 9.59 Å². The second kappa shape index (κ2) is 8.65. The lowest BCUT2D eigenvalue weighted by Crippen LogP contribution is -2.48. The Balaban J connectivity index is 1.89. The molecule has 24 heavy (non-hydrogen) atoms. The number of hydrogen-bond acceptors (Lipinski definition) is 2. The van der Waals surface area contributed by atoms with E-state index < -0.39 is 0 Å². The van der Waals surface area contributed by atoms with E-state index >= 15 is 0 Å². The number of halogens is 1. The number of likely N-dealkylation sites (tertiary alicyclic amines) is 1.